The molecule has 0 aromatic carbocycles. The quantitative estimate of drug-likeness (QED) is 0.897. The minimum atomic E-state index is -1.07. The van der Waals surface area contributed by atoms with E-state index in [1.54, 1.807) is 13.0 Å². The van der Waals surface area contributed by atoms with Crippen molar-refractivity contribution in [3.8, 4) is 0 Å². The second-order valence-corrected chi connectivity index (χ2v) is 5.04. The maximum Gasteiger partial charge on any atom is 0.338 e. The number of carboxylic acids is 1. The number of carboxylic acid groups (broad SMARTS) is 1. The Morgan fingerprint density at radius 1 is 1.53 bits per heavy atom. The predicted octanol–water partition coefficient (Wildman–Crippen LogP) is 2.56. The molecule has 2 aromatic heterocycles. The molecule has 2 aromatic rings. The first-order valence-electron chi connectivity index (χ1n) is 5.61. The van der Waals surface area contributed by atoms with E-state index in [-0.39, 0.29) is 11.3 Å². The molecule has 0 aliphatic rings. The van der Waals surface area contributed by atoms with Gasteiger partial charge >= 0.3 is 5.97 Å². The summed E-state index contributed by atoms with van der Waals surface area (Å²) < 4.78 is 4.83. The number of amides is 1. The fourth-order valence-electron chi connectivity index (χ4n) is 1.54. The van der Waals surface area contributed by atoms with Crippen LogP contribution < -0.4 is 5.32 Å². The van der Waals surface area contributed by atoms with Crippen molar-refractivity contribution in [2.75, 3.05) is 5.32 Å². The lowest BCUT2D eigenvalue weighted by Gasteiger charge is -2.01. The number of anilines is 1. The summed E-state index contributed by atoms with van der Waals surface area (Å²) in [6.45, 7) is 3.61. The van der Waals surface area contributed by atoms with Crippen LogP contribution in [0.4, 0.5) is 5.00 Å². The molecule has 0 saturated carbocycles. The third-order valence-electron chi connectivity index (χ3n) is 2.54. The van der Waals surface area contributed by atoms with E-state index in [9.17, 15) is 9.59 Å². The summed E-state index contributed by atoms with van der Waals surface area (Å²) in [7, 11) is 0. The standard InChI is InChI=1S/C12H12N2O4S/c1-3-7-4-8(12(16)17)11(19-7)14-10(15)9-6(2)5-13-18-9/h4-5H,3H2,1-2H3,(H,14,15)(H,16,17). The second kappa shape index (κ2) is 5.23. The van der Waals surface area contributed by atoms with Crippen molar-refractivity contribution in [1.29, 1.82) is 0 Å². The second-order valence-electron chi connectivity index (χ2n) is 3.91. The Kier molecular flexibility index (Phi) is 3.66. The molecule has 1 amide bonds. The lowest BCUT2D eigenvalue weighted by atomic mass is 10.2. The number of carbonyl (C=O) groups excluding carboxylic acids is 1. The number of aryl methyl sites for hydroxylation is 2. The van der Waals surface area contributed by atoms with Crippen LogP contribution in [0.25, 0.3) is 0 Å². The number of aromatic nitrogens is 1. The van der Waals surface area contributed by atoms with Crippen LogP contribution in [0.5, 0.6) is 0 Å². The highest BCUT2D eigenvalue weighted by Gasteiger charge is 2.20. The van der Waals surface area contributed by atoms with Crippen LogP contribution in [-0.4, -0.2) is 22.1 Å². The average Bonchev–Trinajstić information content (AvgIpc) is 2.95. The number of nitrogens with one attached hydrogen (secondary N) is 1. The minimum absolute atomic E-state index is 0.0859. The van der Waals surface area contributed by atoms with Gasteiger partial charge in [-0.15, -0.1) is 11.3 Å². The Hall–Kier alpha value is -2.15. The first kappa shape index (κ1) is 13.3. The number of rotatable bonds is 4. The summed E-state index contributed by atoms with van der Waals surface area (Å²) in [5.74, 6) is -1.48. The van der Waals surface area contributed by atoms with Crippen molar-refractivity contribution in [2.24, 2.45) is 0 Å². The number of carbonyl (C=O) groups is 2. The van der Waals surface area contributed by atoms with Crippen molar-refractivity contribution in [3.63, 3.8) is 0 Å². The molecule has 0 aliphatic heterocycles. The van der Waals surface area contributed by atoms with Gasteiger partial charge in [-0.1, -0.05) is 12.1 Å². The van der Waals surface area contributed by atoms with Gasteiger partial charge < -0.3 is 14.9 Å². The van der Waals surface area contributed by atoms with E-state index in [4.69, 9.17) is 9.63 Å². The molecular formula is C12H12N2O4S. The summed E-state index contributed by atoms with van der Waals surface area (Å²) in [5.41, 5.74) is 0.689. The molecule has 0 fully saturated rings. The van der Waals surface area contributed by atoms with Crippen LogP contribution in [-0.2, 0) is 6.42 Å². The number of thiophene rings is 1. The SMILES string of the molecule is CCc1cc(C(=O)O)c(NC(=O)c2oncc2C)s1. The minimum Gasteiger partial charge on any atom is -0.478 e. The van der Waals surface area contributed by atoms with E-state index in [2.05, 4.69) is 10.5 Å². The van der Waals surface area contributed by atoms with E-state index in [0.717, 1.165) is 4.88 Å². The third-order valence-corrected chi connectivity index (χ3v) is 3.74. The molecule has 100 valence electrons. The van der Waals surface area contributed by atoms with Gasteiger partial charge in [0.1, 0.15) is 5.00 Å². The van der Waals surface area contributed by atoms with Gasteiger partial charge in [0.15, 0.2) is 0 Å². The van der Waals surface area contributed by atoms with E-state index < -0.39 is 11.9 Å². The predicted molar refractivity (Wildman–Crippen MR) is 69.8 cm³/mol. The molecule has 0 aliphatic carbocycles. The fourth-order valence-corrected chi connectivity index (χ4v) is 2.52. The van der Waals surface area contributed by atoms with Gasteiger partial charge in [-0.05, 0) is 19.4 Å². The third kappa shape index (κ3) is 2.65. The number of aromatic carboxylic acids is 1. The lowest BCUT2D eigenvalue weighted by Crippen LogP contribution is -2.13. The summed E-state index contributed by atoms with van der Waals surface area (Å²) in [4.78, 5) is 23.9. The van der Waals surface area contributed by atoms with Crippen molar-refractivity contribution < 1.29 is 19.2 Å². The average molecular weight is 280 g/mol. The van der Waals surface area contributed by atoms with Gasteiger partial charge in [0.25, 0.3) is 5.91 Å². The Morgan fingerprint density at radius 2 is 2.26 bits per heavy atom. The largest absolute Gasteiger partial charge is 0.478 e. The van der Waals surface area contributed by atoms with Gasteiger partial charge in [-0.2, -0.15) is 0 Å². The zero-order valence-electron chi connectivity index (χ0n) is 10.4. The zero-order chi connectivity index (χ0) is 14.0. The first-order chi connectivity index (χ1) is 9.02. The molecule has 0 unspecified atom stereocenters. The van der Waals surface area contributed by atoms with E-state index in [0.29, 0.717) is 17.0 Å². The number of hydrogen-bond acceptors (Lipinski definition) is 5. The summed E-state index contributed by atoms with van der Waals surface area (Å²) in [6.07, 6.45) is 2.14. The molecule has 0 bridgehead atoms. The molecule has 6 nitrogen and oxygen atoms in total. The molecule has 0 saturated heterocycles. The Balaban J connectivity index is 2.28. The van der Waals surface area contributed by atoms with Crippen molar-refractivity contribution in [2.45, 2.75) is 20.3 Å². The monoisotopic (exact) mass is 280 g/mol. The molecule has 7 heteroatoms. The smallest absolute Gasteiger partial charge is 0.338 e. The van der Waals surface area contributed by atoms with Crippen LogP contribution >= 0.6 is 11.3 Å². The van der Waals surface area contributed by atoms with Crippen LogP contribution in [0.1, 0.15) is 38.3 Å². The fraction of sp³-hybridized carbons (Fsp3) is 0.250. The normalized spacial score (nSPS) is 10.4. The zero-order valence-corrected chi connectivity index (χ0v) is 11.2. The van der Waals surface area contributed by atoms with E-state index >= 15 is 0 Å². The highest BCUT2D eigenvalue weighted by atomic mass is 32.1. The topological polar surface area (TPSA) is 92.4 Å². The van der Waals surface area contributed by atoms with E-state index in [1.165, 1.54) is 17.5 Å². The maximum atomic E-state index is 11.9. The first-order valence-corrected chi connectivity index (χ1v) is 6.43. The Labute approximate surface area is 113 Å². The van der Waals surface area contributed by atoms with Crippen molar-refractivity contribution in [1.82, 2.24) is 5.16 Å². The van der Waals surface area contributed by atoms with Crippen molar-refractivity contribution in [3.05, 3.63) is 34.0 Å². The van der Waals surface area contributed by atoms with Crippen LogP contribution in [0.2, 0.25) is 0 Å². The number of nitrogens with zero attached hydrogens (tertiary/aromatic N) is 1. The van der Waals surface area contributed by atoms with Gasteiger partial charge in [0.05, 0.1) is 11.8 Å². The Bertz CT molecular complexity index is 629. The summed E-state index contributed by atoms with van der Waals surface area (Å²) in [5, 5.41) is 15.5. The molecule has 2 heterocycles. The molecular weight excluding hydrogens is 268 g/mol. The number of hydrogen-bond donors (Lipinski definition) is 2. The van der Waals surface area contributed by atoms with E-state index in [1.807, 2.05) is 6.92 Å². The maximum absolute atomic E-state index is 11.9. The van der Waals surface area contributed by atoms with Gasteiger partial charge in [0, 0.05) is 10.4 Å². The highest BCUT2D eigenvalue weighted by molar-refractivity contribution is 7.16. The van der Waals surface area contributed by atoms with Crippen LogP contribution in [0.3, 0.4) is 0 Å². The summed E-state index contributed by atoms with van der Waals surface area (Å²) >= 11 is 1.24. The molecule has 2 N–H and O–H groups in total. The molecule has 0 radical (unpaired) electrons. The molecule has 0 atom stereocenters. The van der Waals surface area contributed by atoms with Gasteiger partial charge in [-0.3, -0.25) is 4.79 Å². The van der Waals surface area contributed by atoms with Gasteiger partial charge in [0.2, 0.25) is 5.76 Å². The van der Waals surface area contributed by atoms with Crippen LogP contribution in [0, 0.1) is 6.92 Å². The lowest BCUT2D eigenvalue weighted by molar-refractivity contribution is 0.0698. The van der Waals surface area contributed by atoms with Crippen LogP contribution in [0.15, 0.2) is 16.8 Å². The molecule has 0 spiro atoms. The Morgan fingerprint density at radius 3 is 2.79 bits per heavy atom. The summed E-state index contributed by atoms with van der Waals surface area (Å²) in [6, 6.07) is 1.57. The highest BCUT2D eigenvalue weighted by Crippen LogP contribution is 2.29. The molecule has 2 rings (SSSR count). The molecule has 19 heavy (non-hydrogen) atoms. The van der Waals surface area contributed by atoms with Crippen molar-refractivity contribution >= 4 is 28.2 Å². The van der Waals surface area contributed by atoms with Gasteiger partial charge in [-0.25, -0.2) is 4.79 Å².